The highest BCUT2D eigenvalue weighted by molar-refractivity contribution is 5.70. The summed E-state index contributed by atoms with van der Waals surface area (Å²) in [6, 6.07) is 11.3. The Kier molecular flexibility index (Phi) is 5.04. The Balaban J connectivity index is 2.16. The lowest BCUT2D eigenvalue weighted by Crippen LogP contribution is -2.43. The standard InChI is InChI=1S/C18H27NO2/c1-18(2,3)16-11-10-15(12-17(20)21-4)19(16)13-14-8-6-5-7-9-14/h5-9,15-16H,10-13H2,1-4H3/t15-,16+/m1/s1. The second-order valence-corrected chi connectivity index (χ2v) is 7.05. The molecule has 0 spiro atoms. The van der Waals surface area contributed by atoms with Gasteiger partial charge in [0, 0.05) is 18.6 Å². The number of nitrogens with zero attached hydrogens (tertiary/aromatic N) is 1. The predicted molar refractivity (Wildman–Crippen MR) is 84.9 cm³/mol. The zero-order valence-electron chi connectivity index (χ0n) is 13.6. The fourth-order valence-corrected chi connectivity index (χ4v) is 3.40. The molecule has 1 saturated heterocycles. The SMILES string of the molecule is COC(=O)C[C@H]1CC[C@@H](C(C)(C)C)N1Cc1ccccc1. The van der Waals surface area contributed by atoms with Crippen LogP contribution in [-0.2, 0) is 16.1 Å². The van der Waals surface area contributed by atoms with Crippen molar-refractivity contribution in [3.05, 3.63) is 35.9 Å². The van der Waals surface area contributed by atoms with Crippen molar-refractivity contribution in [3.8, 4) is 0 Å². The minimum absolute atomic E-state index is 0.104. The minimum atomic E-state index is -0.104. The first-order valence-corrected chi connectivity index (χ1v) is 7.78. The number of hydrogen-bond donors (Lipinski definition) is 0. The maximum absolute atomic E-state index is 11.7. The third kappa shape index (κ3) is 4.07. The normalized spacial score (nSPS) is 23.2. The van der Waals surface area contributed by atoms with Crippen molar-refractivity contribution in [1.82, 2.24) is 4.90 Å². The average Bonchev–Trinajstić information content (AvgIpc) is 2.82. The molecule has 1 aliphatic heterocycles. The molecular weight excluding hydrogens is 262 g/mol. The first-order valence-electron chi connectivity index (χ1n) is 7.78. The molecule has 0 saturated carbocycles. The van der Waals surface area contributed by atoms with Gasteiger partial charge in [0.25, 0.3) is 0 Å². The zero-order valence-corrected chi connectivity index (χ0v) is 13.6. The molecule has 3 nitrogen and oxygen atoms in total. The molecular formula is C18H27NO2. The van der Waals surface area contributed by atoms with E-state index < -0.39 is 0 Å². The van der Waals surface area contributed by atoms with E-state index >= 15 is 0 Å². The van der Waals surface area contributed by atoms with Crippen LogP contribution in [0, 0.1) is 5.41 Å². The van der Waals surface area contributed by atoms with Gasteiger partial charge in [-0.25, -0.2) is 0 Å². The van der Waals surface area contributed by atoms with Gasteiger partial charge >= 0.3 is 5.97 Å². The lowest BCUT2D eigenvalue weighted by atomic mass is 9.85. The van der Waals surface area contributed by atoms with Crippen LogP contribution >= 0.6 is 0 Å². The van der Waals surface area contributed by atoms with Gasteiger partial charge in [0.1, 0.15) is 0 Å². The molecule has 0 aliphatic carbocycles. The Labute approximate surface area is 128 Å². The smallest absolute Gasteiger partial charge is 0.307 e. The number of benzene rings is 1. The summed E-state index contributed by atoms with van der Waals surface area (Å²) in [5, 5.41) is 0. The zero-order chi connectivity index (χ0) is 15.5. The Morgan fingerprint density at radius 2 is 1.90 bits per heavy atom. The van der Waals surface area contributed by atoms with Crippen LogP contribution < -0.4 is 0 Å². The van der Waals surface area contributed by atoms with E-state index in [-0.39, 0.29) is 11.4 Å². The van der Waals surface area contributed by atoms with E-state index in [0.29, 0.717) is 18.5 Å². The molecule has 2 rings (SSSR count). The van der Waals surface area contributed by atoms with Gasteiger partial charge in [-0.05, 0) is 23.8 Å². The topological polar surface area (TPSA) is 29.5 Å². The molecule has 0 unspecified atom stereocenters. The summed E-state index contributed by atoms with van der Waals surface area (Å²) in [5.41, 5.74) is 1.53. The van der Waals surface area contributed by atoms with Crippen molar-refractivity contribution in [2.24, 2.45) is 5.41 Å². The molecule has 1 fully saturated rings. The number of methoxy groups -OCH3 is 1. The number of ether oxygens (including phenoxy) is 1. The van der Waals surface area contributed by atoms with Gasteiger partial charge < -0.3 is 4.74 Å². The van der Waals surface area contributed by atoms with Gasteiger partial charge in [0.15, 0.2) is 0 Å². The van der Waals surface area contributed by atoms with Gasteiger partial charge in [-0.2, -0.15) is 0 Å². The second-order valence-electron chi connectivity index (χ2n) is 7.05. The van der Waals surface area contributed by atoms with Crippen molar-refractivity contribution >= 4 is 5.97 Å². The Morgan fingerprint density at radius 1 is 1.24 bits per heavy atom. The van der Waals surface area contributed by atoms with Gasteiger partial charge in [-0.1, -0.05) is 51.1 Å². The molecule has 1 heterocycles. The molecule has 1 aromatic rings. The Hall–Kier alpha value is -1.35. The number of rotatable bonds is 4. The summed E-state index contributed by atoms with van der Waals surface area (Å²) in [7, 11) is 1.47. The fraction of sp³-hybridized carbons (Fsp3) is 0.611. The predicted octanol–water partition coefficient (Wildman–Crippen LogP) is 3.63. The Bertz CT molecular complexity index is 464. The van der Waals surface area contributed by atoms with E-state index in [2.05, 4.69) is 49.9 Å². The third-order valence-corrected chi connectivity index (χ3v) is 4.48. The summed E-state index contributed by atoms with van der Waals surface area (Å²) >= 11 is 0. The number of hydrogen-bond acceptors (Lipinski definition) is 3. The van der Waals surface area contributed by atoms with Crippen LogP contribution in [0.4, 0.5) is 0 Å². The van der Waals surface area contributed by atoms with E-state index in [4.69, 9.17) is 4.74 Å². The first-order chi connectivity index (χ1) is 9.91. The number of carbonyl (C=O) groups is 1. The summed E-state index contributed by atoms with van der Waals surface area (Å²) in [5.74, 6) is -0.104. The van der Waals surface area contributed by atoms with E-state index in [9.17, 15) is 4.79 Å². The molecule has 0 radical (unpaired) electrons. The molecule has 21 heavy (non-hydrogen) atoms. The van der Waals surface area contributed by atoms with Gasteiger partial charge in [-0.15, -0.1) is 0 Å². The van der Waals surface area contributed by atoms with E-state index in [1.165, 1.54) is 12.7 Å². The monoisotopic (exact) mass is 289 g/mol. The van der Waals surface area contributed by atoms with Crippen LogP contribution in [0.1, 0.15) is 45.6 Å². The van der Waals surface area contributed by atoms with Crippen molar-refractivity contribution in [2.45, 2.75) is 58.7 Å². The highest BCUT2D eigenvalue weighted by atomic mass is 16.5. The Morgan fingerprint density at radius 3 is 2.48 bits per heavy atom. The fourth-order valence-electron chi connectivity index (χ4n) is 3.40. The van der Waals surface area contributed by atoms with E-state index in [0.717, 1.165) is 19.4 Å². The average molecular weight is 289 g/mol. The molecule has 0 bridgehead atoms. The number of esters is 1. The molecule has 0 aromatic heterocycles. The van der Waals surface area contributed by atoms with Gasteiger partial charge in [0.05, 0.1) is 13.5 Å². The number of carbonyl (C=O) groups excluding carboxylic acids is 1. The third-order valence-electron chi connectivity index (χ3n) is 4.48. The lowest BCUT2D eigenvalue weighted by Gasteiger charge is -2.38. The minimum Gasteiger partial charge on any atom is -0.469 e. The largest absolute Gasteiger partial charge is 0.469 e. The highest BCUT2D eigenvalue weighted by Gasteiger charge is 2.40. The van der Waals surface area contributed by atoms with Crippen molar-refractivity contribution < 1.29 is 9.53 Å². The first kappa shape index (κ1) is 16.0. The van der Waals surface area contributed by atoms with Crippen molar-refractivity contribution in [1.29, 1.82) is 0 Å². The quantitative estimate of drug-likeness (QED) is 0.793. The van der Waals surface area contributed by atoms with Gasteiger partial charge in [0.2, 0.25) is 0 Å². The molecule has 0 N–H and O–H groups in total. The molecule has 3 heteroatoms. The second kappa shape index (κ2) is 6.61. The maximum Gasteiger partial charge on any atom is 0.307 e. The summed E-state index contributed by atoms with van der Waals surface area (Å²) in [6.45, 7) is 7.77. The van der Waals surface area contributed by atoms with E-state index in [1.54, 1.807) is 0 Å². The maximum atomic E-state index is 11.7. The van der Waals surface area contributed by atoms with Crippen LogP contribution in [0.25, 0.3) is 0 Å². The summed E-state index contributed by atoms with van der Waals surface area (Å²) in [6.07, 6.45) is 2.72. The summed E-state index contributed by atoms with van der Waals surface area (Å²) in [4.78, 5) is 14.2. The van der Waals surface area contributed by atoms with Crippen LogP contribution in [0.5, 0.6) is 0 Å². The molecule has 0 amide bonds. The molecule has 1 aromatic carbocycles. The van der Waals surface area contributed by atoms with Gasteiger partial charge in [-0.3, -0.25) is 9.69 Å². The van der Waals surface area contributed by atoms with Crippen LogP contribution in [0.2, 0.25) is 0 Å². The van der Waals surface area contributed by atoms with Crippen molar-refractivity contribution in [2.75, 3.05) is 7.11 Å². The number of likely N-dealkylation sites (tertiary alicyclic amines) is 1. The van der Waals surface area contributed by atoms with Crippen LogP contribution in [0.3, 0.4) is 0 Å². The summed E-state index contributed by atoms with van der Waals surface area (Å²) < 4.78 is 4.87. The molecule has 2 atom stereocenters. The van der Waals surface area contributed by atoms with E-state index in [1.807, 2.05) is 6.07 Å². The molecule has 116 valence electrons. The van der Waals surface area contributed by atoms with Crippen molar-refractivity contribution in [3.63, 3.8) is 0 Å². The lowest BCUT2D eigenvalue weighted by molar-refractivity contribution is -0.142. The molecule has 1 aliphatic rings. The highest BCUT2D eigenvalue weighted by Crippen LogP contribution is 2.38. The van der Waals surface area contributed by atoms with Crippen LogP contribution in [-0.4, -0.2) is 30.1 Å². The van der Waals surface area contributed by atoms with Crippen LogP contribution in [0.15, 0.2) is 30.3 Å².